The van der Waals surface area contributed by atoms with E-state index in [0.29, 0.717) is 5.56 Å². The Kier molecular flexibility index (Phi) is 3.14. The van der Waals surface area contributed by atoms with Crippen molar-refractivity contribution in [3.63, 3.8) is 0 Å². The summed E-state index contributed by atoms with van der Waals surface area (Å²) >= 11 is 9.35. The lowest BCUT2D eigenvalue weighted by Gasteiger charge is -2.08. The van der Waals surface area contributed by atoms with Crippen LogP contribution in [0.25, 0.3) is 0 Å². The van der Waals surface area contributed by atoms with Crippen LogP contribution in [-0.2, 0) is 6.18 Å². The Balaban J connectivity index is 3.06. The predicted molar refractivity (Wildman–Crippen MR) is 49.0 cm³/mol. The summed E-state index contributed by atoms with van der Waals surface area (Å²) < 4.78 is 35.8. The van der Waals surface area contributed by atoms with E-state index in [9.17, 15) is 13.2 Å². The van der Waals surface area contributed by atoms with Gasteiger partial charge in [0.1, 0.15) is 4.71 Å². The topological polar surface area (TPSA) is 0 Å². The van der Waals surface area contributed by atoms with Gasteiger partial charge in [-0.05, 0) is 17.7 Å². The normalized spacial score (nSPS) is 14.2. The molecule has 0 aliphatic carbocycles. The van der Waals surface area contributed by atoms with Crippen LogP contribution in [0.4, 0.5) is 13.2 Å². The quantitative estimate of drug-likeness (QED) is 0.545. The molecule has 13 heavy (non-hydrogen) atoms. The van der Waals surface area contributed by atoms with Crippen molar-refractivity contribution in [2.45, 2.75) is 10.9 Å². The summed E-state index contributed by atoms with van der Waals surface area (Å²) in [5, 5.41) is 0. The maximum Gasteiger partial charge on any atom is 0.416 e. The summed E-state index contributed by atoms with van der Waals surface area (Å²) in [5.74, 6) is 0. The molecule has 1 rings (SSSR count). The highest BCUT2D eigenvalue weighted by Crippen LogP contribution is 2.32. The molecular weight excluding hydrogens is 221 g/mol. The van der Waals surface area contributed by atoms with Crippen LogP contribution >= 0.6 is 24.2 Å². The Morgan fingerprint density at radius 1 is 1.31 bits per heavy atom. The van der Waals surface area contributed by atoms with E-state index in [4.69, 9.17) is 11.6 Å². The van der Waals surface area contributed by atoms with Gasteiger partial charge in [0.15, 0.2) is 0 Å². The molecule has 0 N–H and O–H groups in total. The van der Waals surface area contributed by atoms with Crippen LogP contribution in [0.15, 0.2) is 24.3 Å². The third-order valence-electron chi connectivity index (χ3n) is 1.49. The van der Waals surface area contributed by atoms with E-state index in [1.807, 2.05) is 0 Å². The zero-order valence-electron chi connectivity index (χ0n) is 6.35. The molecule has 1 unspecified atom stereocenters. The summed E-state index contributed by atoms with van der Waals surface area (Å²) in [4.78, 5) is 0. The number of thiol groups is 1. The van der Waals surface area contributed by atoms with Crippen LogP contribution in [0.2, 0.25) is 0 Å². The average Bonchev–Trinajstić information content (AvgIpc) is 2.03. The van der Waals surface area contributed by atoms with E-state index in [0.717, 1.165) is 12.1 Å². The first kappa shape index (κ1) is 10.7. The summed E-state index contributed by atoms with van der Waals surface area (Å²) in [6, 6.07) is 4.80. The molecule has 72 valence electrons. The lowest BCUT2D eigenvalue weighted by atomic mass is 10.1. The van der Waals surface area contributed by atoms with E-state index < -0.39 is 16.4 Å². The molecule has 0 fully saturated rings. The third kappa shape index (κ3) is 2.81. The Morgan fingerprint density at radius 2 is 1.92 bits per heavy atom. The minimum atomic E-state index is -4.32. The second-order valence-electron chi connectivity index (χ2n) is 2.46. The highest BCUT2D eigenvalue weighted by Gasteiger charge is 2.30. The minimum Gasteiger partial charge on any atom is -0.166 e. The molecule has 0 aliphatic rings. The Hall–Kier alpha value is -0.350. The van der Waals surface area contributed by atoms with Crippen LogP contribution in [0.3, 0.4) is 0 Å². The molecule has 0 heterocycles. The SMILES string of the molecule is FC(F)(F)c1cccc(C(S)Cl)c1. The molecule has 0 aromatic heterocycles. The number of hydrogen-bond acceptors (Lipinski definition) is 1. The van der Waals surface area contributed by atoms with Crippen LogP contribution in [0.1, 0.15) is 15.8 Å². The monoisotopic (exact) mass is 226 g/mol. The van der Waals surface area contributed by atoms with Gasteiger partial charge in [-0.3, -0.25) is 0 Å². The number of hydrogen-bond donors (Lipinski definition) is 1. The van der Waals surface area contributed by atoms with Crippen LogP contribution in [0.5, 0.6) is 0 Å². The third-order valence-corrected chi connectivity index (χ3v) is 2.04. The van der Waals surface area contributed by atoms with E-state index >= 15 is 0 Å². The van der Waals surface area contributed by atoms with Gasteiger partial charge >= 0.3 is 6.18 Å². The molecule has 0 saturated heterocycles. The molecule has 5 heteroatoms. The van der Waals surface area contributed by atoms with Crippen molar-refractivity contribution < 1.29 is 13.2 Å². The molecule has 1 atom stereocenters. The maximum absolute atomic E-state index is 12.2. The average molecular weight is 227 g/mol. The summed E-state index contributed by atoms with van der Waals surface area (Å²) in [6.45, 7) is 0. The van der Waals surface area contributed by atoms with Gasteiger partial charge in [-0.1, -0.05) is 12.1 Å². The van der Waals surface area contributed by atoms with Crippen LogP contribution in [-0.4, -0.2) is 0 Å². The molecule has 0 radical (unpaired) electrons. The molecular formula is C8H6ClF3S. The fourth-order valence-electron chi connectivity index (χ4n) is 0.863. The van der Waals surface area contributed by atoms with Crippen molar-refractivity contribution in [3.05, 3.63) is 35.4 Å². The predicted octanol–water partition coefficient (Wildman–Crippen LogP) is 3.87. The van der Waals surface area contributed by atoms with Crippen molar-refractivity contribution >= 4 is 24.2 Å². The van der Waals surface area contributed by atoms with Crippen molar-refractivity contribution in [2.24, 2.45) is 0 Å². The highest BCUT2D eigenvalue weighted by molar-refractivity contribution is 7.81. The molecule has 1 aromatic rings. The molecule has 0 saturated carbocycles. The van der Waals surface area contributed by atoms with E-state index in [-0.39, 0.29) is 0 Å². The van der Waals surface area contributed by atoms with Crippen LogP contribution in [0, 0.1) is 0 Å². The van der Waals surface area contributed by atoms with Gasteiger partial charge in [0.05, 0.1) is 5.56 Å². The highest BCUT2D eigenvalue weighted by atomic mass is 35.5. The van der Waals surface area contributed by atoms with Gasteiger partial charge < -0.3 is 0 Å². The minimum absolute atomic E-state index is 0.347. The van der Waals surface area contributed by atoms with Gasteiger partial charge in [0, 0.05) is 0 Å². The van der Waals surface area contributed by atoms with Crippen molar-refractivity contribution in [2.75, 3.05) is 0 Å². The molecule has 1 aromatic carbocycles. The van der Waals surface area contributed by atoms with Gasteiger partial charge in [0.2, 0.25) is 0 Å². The van der Waals surface area contributed by atoms with Crippen molar-refractivity contribution in [1.29, 1.82) is 0 Å². The number of halogens is 4. The fourth-order valence-corrected chi connectivity index (χ4v) is 1.16. The van der Waals surface area contributed by atoms with Gasteiger partial charge in [0.25, 0.3) is 0 Å². The Morgan fingerprint density at radius 3 is 2.38 bits per heavy atom. The fraction of sp³-hybridized carbons (Fsp3) is 0.250. The van der Waals surface area contributed by atoms with E-state index in [2.05, 4.69) is 12.6 Å². The molecule has 0 spiro atoms. The van der Waals surface area contributed by atoms with E-state index in [1.54, 1.807) is 0 Å². The van der Waals surface area contributed by atoms with Gasteiger partial charge in [-0.25, -0.2) is 0 Å². The molecule has 0 bridgehead atoms. The van der Waals surface area contributed by atoms with E-state index in [1.165, 1.54) is 12.1 Å². The number of alkyl halides is 4. The van der Waals surface area contributed by atoms with Crippen molar-refractivity contribution in [1.82, 2.24) is 0 Å². The lowest BCUT2D eigenvalue weighted by Crippen LogP contribution is -2.05. The first-order valence-electron chi connectivity index (χ1n) is 3.40. The Bertz CT molecular complexity index is 296. The standard InChI is InChI=1S/C8H6ClF3S/c9-7(13)5-2-1-3-6(4-5)8(10,11)12/h1-4,7,13H. The lowest BCUT2D eigenvalue weighted by molar-refractivity contribution is -0.137. The summed E-state index contributed by atoms with van der Waals surface area (Å²) in [5.41, 5.74) is -0.357. The maximum atomic E-state index is 12.2. The second kappa shape index (κ2) is 3.80. The summed E-state index contributed by atoms with van der Waals surface area (Å²) in [6.07, 6.45) is -4.32. The van der Waals surface area contributed by atoms with Gasteiger partial charge in [-0.15, -0.1) is 11.6 Å². The molecule has 0 amide bonds. The summed E-state index contributed by atoms with van der Waals surface area (Å²) in [7, 11) is 0. The first-order chi connectivity index (χ1) is 5.91. The van der Waals surface area contributed by atoms with Gasteiger partial charge in [-0.2, -0.15) is 25.8 Å². The molecule has 0 nitrogen and oxygen atoms in total. The first-order valence-corrected chi connectivity index (χ1v) is 4.36. The zero-order chi connectivity index (χ0) is 10.1. The zero-order valence-corrected chi connectivity index (χ0v) is 8.00. The number of rotatable bonds is 1. The Labute approximate surface area is 84.1 Å². The smallest absolute Gasteiger partial charge is 0.166 e. The number of benzene rings is 1. The van der Waals surface area contributed by atoms with Crippen LogP contribution < -0.4 is 0 Å². The van der Waals surface area contributed by atoms with Crippen molar-refractivity contribution in [3.8, 4) is 0 Å². The second-order valence-corrected chi connectivity index (χ2v) is 3.72. The largest absolute Gasteiger partial charge is 0.416 e. The molecule has 0 aliphatic heterocycles.